The van der Waals surface area contributed by atoms with Gasteiger partial charge in [-0.05, 0) is 38.5 Å². The van der Waals surface area contributed by atoms with Crippen molar-refractivity contribution >= 4 is 0 Å². The van der Waals surface area contributed by atoms with Crippen LogP contribution in [0.15, 0.2) is 0 Å². The number of aliphatic hydroxyl groups is 1. The molecular formula is C18H34O3. The molecule has 3 heteroatoms. The van der Waals surface area contributed by atoms with Crippen molar-refractivity contribution in [1.82, 2.24) is 0 Å². The molecule has 3 nitrogen and oxygen atoms in total. The Hall–Kier alpha value is -0.560. The van der Waals surface area contributed by atoms with E-state index < -0.39 is 6.08 Å². The highest BCUT2D eigenvalue weighted by Gasteiger charge is 1.98. The van der Waals surface area contributed by atoms with E-state index in [1.165, 1.54) is 25.7 Å². The Balaban J connectivity index is 3.22. The molecule has 0 radical (unpaired) electrons. The van der Waals surface area contributed by atoms with Crippen LogP contribution in [-0.4, -0.2) is 31.7 Å². The van der Waals surface area contributed by atoms with E-state index >= 15 is 0 Å². The lowest BCUT2D eigenvalue weighted by Gasteiger charge is -2.04. The molecule has 0 aliphatic rings. The minimum atomic E-state index is -1.23. The molecule has 0 aromatic carbocycles. The third kappa shape index (κ3) is 17.4. The molecular weight excluding hydrogens is 264 g/mol. The fourth-order valence-corrected chi connectivity index (χ4v) is 1.99. The number of methoxy groups -OCH3 is 1. The van der Waals surface area contributed by atoms with Gasteiger partial charge in [0, 0.05) is 26.6 Å². The van der Waals surface area contributed by atoms with Crippen molar-refractivity contribution in [1.29, 1.82) is 0 Å². The molecule has 0 bridgehead atoms. The van der Waals surface area contributed by atoms with Crippen molar-refractivity contribution < 1.29 is 16.0 Å². The van der Waals surface area contributed by atoms with Gasteiger partial charge in [0.15, 0.2) is 0 Å². The molecule has 0 heterocycles. The predicted molar refractivity (Wildman–Crippen MR) is 88.1 cm³/mol. The van der Waals surface area contributed by atoms with Crippen LogP contribution in [0.2, 0.25) is 0 Å². The Labute approximate surface area is 132 Å². The second-order valence-corrected chi connectivity index (χ2v) is 5.31. The van der Waals surface area contributed by atoms with Crippen LogP contribution in [0.5, 0.6) is 0 Å². The average molecular weight is 299 g/mol. The van der Waals surface area contributed by atoms with Crippen LogP contribution in [0.25, 0.3) is 0 Å². The summed E-state index contributed by atoms with van der Waals surface area (Å²) in [6.45, 7) is 3.04. The highest BCUT2D eigenvalue weighted by Crippen LogP contribution is 2.06. The maximum absolute atomic E-state index is 9.54. The summed E-state index contributed by atoms with van der Waals surface area (Å²) in [7, 11) is 1.64. The zero-order chi connectivity index (χ0) is 16.5. The highest BCUT2D eigenvalue weighted by molar-refractivity contribution is 4.98. The van der Waals surface area contributed by atoms with Crippen LogP contribution in [0.1, 0.15) is 78.9 Å². The second-order valence-electron chi connectivity index (χ2n) is 5.31. The summed E-state index contributed by atoms with van der Waals surface area (Å²) in [6.07, 6.45) is 9.53. The fourth-order valence-electron chi connectivity index (χ4n) is 1.99. The smallest absolute Gasteiger partial charge is 0.146 e. The molecule has 0 amide bonds. The Morgan fingerprint density at radius 1 is 1.00 bits per heavy atom. The standard InChI is InChI=1S/C18H34O3/c1-3-18(19)15-13-11-9-7-5-4-6-8-10-12-14-16-21-17-20-2/h18-19H,3-4,6,8-17H2,1-2H3/i18D. The van der Waals surface area contributed by atoms with Crippen LogP contribution in [0.4, 0.5) is 0 Å². The molecule has 0 spiro atoms. The third-order valence-corrected chi connectivity index (χ3v) is 3.34. The lowest BCUT2D eigenvalue weighted by molar-refractivity contribution is -0.0315. The molecule has 0 rings (SSSR count). The summed E-state index contributed by atoms with van der Waals surface area (Å²) < 4.78 is 17.6. The maximum atomic E-state index is 9.54. The van der Waals surface area contributed by atoms with Gasteiger partial charge in [-0.2, -0.15) is 0 Å². The minimum Gasteiger partial charge on any atom is -0.393 e. The van der Waals surface area contributed by atoms with E-state index in [-0.39, 0.29) is 0 Å². The van der Waals surface area contributed by atoms with Crippen molar-refractivity contribution in [3.63, 3.8) is 0 Å². The van der Waals surface area contributed by atoms with E-state index in [2.05, 4.69) is 11.8 Å². The van der Waals surface area contributed by atoms with Crippen molar-refractivity contribution in [2.45, 2.75) is 83.6 Å². The van der Waals surface area contributed by atoms with Gasteiger partial charge in [0.25, 0.3) is 0 Å². The summed E-state index contributed by atoms with van der Waals surface area (Å²) in [5, 5.41) is 9.54. The Kier molecular flexibility index (Phi) is 15.4. The number of rotatable bonds is 14. The van der Waals surface area contributed by atoms with Crippen molar-refractivity contribution in [3.8, 4) is 11.8 Å². The first kappa shape index (κ1) is 18.5. The van der Waals surface area contributed by atoms with Crippen LogP contribution in [0.3, 0.4) is 0 Å². The van der Waals surface area contributed by atoms with Gasteiger partial charge in [-0.25, -0.2) is 0 Å². The van der Waals surface area contributed by atoms with Gasteiger partial charge < -0.3 is 14.6 Å². The molecule has 0 aromatic rings. The SMILES string of the molecule is [2H]C(O)(CC)CCCCC#CCCCCCCCOCOC. The maximum Gasteiger partial charge on any atom is 0.146 e. The molecule has 0 aliphatic heterocycles. The third-order valence-electron chi connectivity index (χ3n) is 3.34. The van der Waals surface area contributed by atoms with Gasteiger partial charge in [0.1, 0.15) is 6.79 Å². The van der Waals surface area contributed by atoms with E-state index in [1.54, 1.807) is 7.11 Å². The average Bonchev–Trinajstić information content (AvgIpc) is 2.51. The predicted octanol–water partition coefficient (Wildman–Crippen LogP) is 4.28. The first-order chi connectivity index (χ1) is 10.6. The summed E-state index contributed by atoms with van der Waals surface area (Å²) in [5.41, 5.74) is 0. The van der Waals surface area contributed by atoms with E-state index in [1.807, 2.05) is 6.92 Å². The molecule has 1 N–H and O–H groups in total. The monoisotopic (exact) mass is 299 g/mol. The van der Waals surface area contributed by atoms with Gasteiger partial charge in [-0.1, -0.05) is 26.2 Å². The Morgan fingerprint density at radius 3 is 2.29 bits per heavy atom. The van der Waals surface area contributed by atoms with Gasteiger partial charge in [-0.3, -0.25) is 0 Å². The summed E-state index contributed by atoms with van der Waals surface area (Å²) >= 11 is 0. The van der Waals surface area contributed by atoms with Crippen LogP contribution in [-0.2, 0) is 9.47 Å². The van der Waals surface area contributed by atoms with Crippen molar-refractivity contribution in [2.24, 2.45) is 0 Å². The molecule has 21 heavy (non-hydrogen) atoms. The molecule has 1 atom stereocenters. The first-order valence-corrected chi connectivity index (χ1v) is 8.37. The molecule has 0 fully saturated rings. The molecule has 0 aliphatic carbocycles. The largest absolute Gasteiger partial charge is 0.393 e. The van der Waals surface area contributed by atoms with Crippen LogP contribution in [0, 0.1) is 11.8 Å². The summed E-state index contributed by atoms with van der Waals surface area (Å²) in [5.74, 6) is 6.40. The van der Waals surface area contributed by atoms with Crippen LogP contribution >= 0.6 is 0 Å². The summed E-state index contributed by atoms with van der Waals surface area (Å²) in [6, 6.07) is 0. The molecule has 0 saturated carbocycles. The lowest BCUT2D eigenvalue weighted by Crippen LogP contribution is -2.03. The lowest BCUT2D eigenvalue weighted by atomic mass is 10.1. The molecule has 0 saturated heterocycles. The number of ether oxygens (including phenoxy) is 2. The van der Waals surface area contributed by atoms with E-state index in [4.69, 9.17) is 10.8 Å². The van der Waals surface area contributed by atoms with E-state index in [0.29, 0.717) is 19.6 Å². The van der Waals surface area contributed by atoms with Crippen LogP contribution < -0.4 is 0 Å². The molecule has 124 valence electrons. The summed E-state index contributed by atoms with van der Waals surface area (Å²) in [4.78, 5) is 0. The second kappa shape index (κ2) is 17.5. The first-order valence-electron chi connectivity index (χ1n) is 8.87. The highest BCUT2D eigenvalue weighted by atomic mass is 16.7. The van der Waals surface area contributed by atoms with Gasteiger partial charge in [0.05, 0.1) is 7.45 Å². The number of hydrogen-bond acceptors (Lipinski definition) is 3. The Morgan fingerprint density at radius 2 is 1.62 bits per heavy atom. The topological polar surface area (TPSA) is 38.7 Å². The zero-order valence-electron chi connectivity index (χ0n) is 15.0. The van der Waals surface area contributed by atoms with Crippen molar-refractivity contribution in [2.75, 3.05) is 20.5 Å². The van der Waals surface area contributed by atoms with E-state index in [0.717, 1.165) is 38.7 Å². The normalized spacial score (nSPS) is 14.1. The van der Waals surface area contributed by atoms with Gasteiger partial charge in [-0.15, -0.1) is 11.8 Å². The number of unbranched alkanes of at least 4 members (excludes halogenated alkanes) is 7. The van der Waals surface area contributed by atoms with E-state index in [9.17, 15) is 5.11 Å². The Bertz CT molecular complexity index is 294. The molecule has 0 aromatic heterocycles. The molecule has 1 unspecified atom stereocenters. The quantitative estimate of drug-likeness (QED) is 0.295. The fraction of sp³-hybridized carbons (Fsp3) is 0.889. The van der Waals surface area contributed by atoms with Gasteiger partial charge in [0.2, 0.25) is 0 Å². The number of hydrogen-bond donors (Lipinski definition) is 1. The zero-order valence-corrected chi connectivity index (χ0v) is 14.0. The van der Waals surface area contributed by atoms with Crippen molar-refractivity contribution in [3.05, 3.63) is 0 Å². The van der Waals surface area contributed by atoms with Gasteiger partial charge >= 0.3 is 0 Å². The minimum absolute atomic E-state index is 0.398.